The number of carbonyl (C=O) groups is 5. The molecule has 5 aromatic rings. The highest BCUT2D eigenvalue weighted by atomic mass is 35.5. The summed E-state index contributed by atoms with van der Waals surface area (Å²) in [5.74, 6) is 1.52. The monoisotopic (exact) mass is 1010 g/mol. The van der Waals surface area contributed by atoms with Gasteiger partial charge in [-0.3, -0.25) is 48.7 Å². The van der Waals surface area contributed by atoms with Crippen LogP contribution in [0.2, 0.25) is 10.3 Å². The molecule has 0 saturated heterocycles. The van der Waals surface area contributed by atoms with Crippen LogP contribution in [0.4, 0.5) is 23.5 Å². The molecule has 0 unspecified atom stereocenters. The van der Waals surface area contributed by atoms with Gasteiger partial charge in [-0.1, -0.05) is 23.2 Å². The second-order valence-corrected chi connectivity index (χ2v) is 17.7. The molecule has 0 aromatic carbocycles. The number of aromatic amines is 1. The molecule has 22 nitrogen and oxygen atoms in total. The molecule has 24 heteroatoms. The number of nitrogens with two attached hydrogens (primary N) is 2. The molecule has 3 aliphatic heterocycles. The fourth-order valence-corrected chi connectivity index (χ4v) is 8.15. The molecule has 0 bridgehead atoms. The van der Waals surface area contributed by atoms with Crippen molar-refractivity contribution in [1.29, 1.82) is 0 Å². The molecule has 71 heavy (non-hydrogen) atoms. The maximum atomic E-state index is 13.6. The molecule has 0 fully saturated rings. The Kier molecular flexibility index (Phi) is 16.5. The standard InChI is InChI=1S/C23H25ClN8O3.C15H16ClN5O2.C9H12N2O2/c1-10(2)28-21(33)14-8-27-16(29-14)6-13-17-19(24)30-23(25)31-20(17)32(22(13)34)9-15-12(4)18(35-5)11(3)7-26-15;1-7-5-18-10(8(2)12(7)23-3)6-21-11(22)4-9-13(16)19-15(17)20-14(9)21;1-6(2)11-9(13)7-3-8(5-12)10-4-7/h6-8,10H,9H2,1-5H3,(H,27,29)(H,28,33)(H2,25,30,31);5H,4,6H2,1-3H3,(H2,17,19,20);4-6H,3H2,1-2H3,(H,11,13)/b13-6-;;. The number of rotatable bonds is 12. The zero-order chi connectivity index (χ0) is 52.0. The SMILES string of the molecule is CC(C)NC(=O)C1=CN=C(C=O)C1.COc1c(C)cnc(CN2C(=O)/C(=C\c3ncc(C(=O)NC(C)C)[nH]3)c3c(Cl)nc(N)nc32)c1C.COc1c(C)cnc(CN2C(=O)Cc3c(Cl)nc(N)nc32)c1C. The predicted octanol–water partition coefficient (Wildman–Crippen LogP) is 4.94. The molecule has 0 atom stereocenters. The Morgan fingerprint density at radius 1 is 0.775 bits per heavy atom. The first-order chi connectivity index (χ1) is 33.6. The van der Waals surface area contributed by atoms with E-state index in [2.05, 4.69) is 55.5 Å². The summed E-state index contributed by atoms with van der Waals surface area (Å²) in [6.45, 7) is 15.5. The maximum absolute atomic E-state index is 13.6. The Morgan fingerprint density at radius 3 is 1.87 bits per heavy atom. The number of H-pyrrole nitrogens is 1. The van der Waals surface area contributed by atoms with E-state index in [1.807, 2.05) is 55.4 Å². The van der Waals surface area contributed by atoms with Gasteiger partial charge in [0.25, 0.3) is 11.8 Å². The Hall–Kier alpha value is -7.85. The lowest BCUT2D eigenvalue weighted by molar-refractivity contribution is -0.118. The van der Waals surface area contributed by atoms with Crippen LogP contribution in [0.5, 0.6) is 11.5 Å². The number of aldehydes is 1. The number of pyridine rings is 2. The Balaban J connectivity index is 0.000000195. The quantitative estimate of drug-likeness (QED) is 0.0628. The largest absolute Gasteiger partial charge is 0.496 e. The minimum Gasteiger partial charge on any atom is -0.496 e. The van der Waals surface area contributed by atoms with Gasteiger partial charge in [0.05, 0.1) is 68.2 Å². The lowest BCUT2D eigenvalue weighted by Gasteiger charge is -2.19. The van der Waals surface area contributed by atoms with Gasteiger partial charge in [0.1, 0.15) is 39.1 Å². The number of anilines is 4. The highest BCUT2D eigenvalue weighted by Crippen LogP contribution is 2.42. The van der Waals surface area contributed by atoms with Crippen LogP contribution in [0.1, 0.15) is 95.2 Å². The van der Waals surface area contributed by atoms with Crippen molar-refractivity contribution in [2.45, 2.75) is 93.4 Å². The summed E-state index contributed by atoms with van der Waals surface area (Å²) in [7, 11) is 3.20. The van der Waals surface area contributed by atoms with Crippen LogP contribution in [-0.2, 0) is 38.7 Å². The summed E-state index contributed by atoms with van der Waals surface area (Å²) >= 11 is 12.5. The van der Waals surface area contributed by atoms with E-state index in [-0.39, 0.29) is 94.5 Å². The zero-order valence-electron chi connectivity index (χ0n) is 40.7. The first kappa shape index (κ1) is 52.5. The number of halogens is 2. The maximum Gasteiger partial charge on any atom is 0.269 e. The third kappa shape index (κ3) is 11.8. The van der Waals surface area contributed by atoms with Gasteiger partial charge in [-0.2, -0.15) is 9.97 Å². The minimum absolute atomic E-state index is 0.0325. The molecule has 372 valence electrons. The number of hydrogen-bond acceptors (Lipinski definition) is 17. The fourth-order valence-electron chi connectivity index (χ4n) is 7.63. The zero-order valence-corrected chi connectivity index (χ0v) is 42.2. The van der Waals surface area contributed by atoms with Gasteiger partial charge < -0.3 is 36.6 Å². The molecule has 0 spiro atoms. The molecular weight excluding hydrogens is 958 g/mol. The summed E-state index contributed by atoms with van der Waals surface area (Å²) in [5, 5.41) is 5.76. The fraction of sp³-hybridized carbons (Fsp3) is 0.340. The van der Waals surface area contributed by atoms with Crippen molar-refractivity contribution in [2.75, 3.05) is 35.5 Å². The van der Waals surface area contributed by atoms with E-state index in [9.17, 15) is 24.0 Å². The predicted molar refractivity (Wildman–Crippen MR) is 268 cm³/mol. The third-order valence-corrected chi connectivity index (χ3v) is 11.5. The van der Waals surface area contributed by atoms with Crippen molar-refractivity contribution < 1.29 is 33.4 Å². The number of nitrogen functional groups attached to an aromatic ring is 2. The molecule has 4 amide bonds. The lowest BCUT2D eigenvalue weighted by atomic mass is 10.1. The molecule has 5 aromatic heterocycles. The van der Waals surface area contributed by atoms with Crippen LogP contribution in [0.3, 0.4) is 0 Å². The molecule has 8 rings (SSSR count). The van der Waals surface area contributed by atoms with Crippen molar-refractivity contribution in [3.8, 4) is 11.5 Å². The number of aromatic nitrogens is 8. The summed E-state index contributed by atoms with van der Waals surface area (Å²) < 4.78 is 10.9. The molecule has 3 aliphatic rings. The lowest BCUT2D eigenvalue weighted by Crippen LogP contribution is -2.31. The van der Waals surface area contributed by atoms with Gasteiger partial charge >= 0.3 is 0 Å². The van der Waals surface area contributed by atoms with Gasteiger partial charge in [-0.05, 0) is 61.5 Å². The number of ether oxygens (including phenoxy) is 2. The van der Waals surface area contributed by atoms with Gasteiger partial charge in [-0.15, -0.1) is 0 Å². The van der Waals surface area contributed by atoms with Crippen molar-refractivity contribution in [1.82, 2.24) is 50.5 Å². The van der Waals surface area contributed by atoms with Crippen molar-refractivity contribution in [2.24, 2.45) is 4.99 Å². The number of hydrogen-bond donors (Lipinski definition) is 5. The highest BCUT2D eigenvalue weighted by Gasteiger charge is 2.38. The van der Waals surface area contributed by atoms with Gasteiger partial charge in [0.15, 0.2) is 12.1 Å². The van der Waals surface area contributed by atoms with Gasteiger partial charge in [0.2, 0.25) is 23.7 Å². The number of nitrogens with zero attached hydrogens (tertiary/aromatic N) is 10. The van der Waals surface area contributed by atoms with Crippen LogP contribution >= 0.6 is 23.2 Å². The summed E-state index contributed by atoms with van der Waals surface area (Å²) in [6, 6.07) is 0.0667. The number of amides is 4. The van der Waals surface area contributed by atoms with Gasteiger partial charge in [0, 0.05) is 70.5 Å². The Bertz CT molecular complexity index is 3040. The average Bonchev–Trinajstić information content (AvgIpc) is 4.10. The topological polar surface area (TPSA) is 305 Å². The molecule has 0 aliphatic carbocycles. The molecular formula is C47H53Cl2N15O7. The molecule has 7 N–H and O–H groups in total. The number of nitrogens with one attached hydrogen (secondary N) is 3. The minimum atomic E-state index is -0.382. The van der Waals surface area contributed by atoms with Crippen LogP contribution in [0.25, 0.3) is 11.6 Å². The second-order valence-electron chi connectivity index (χ2n) is 17.0. The summed E-state index contributed by atoms with van der Waals surface area (Å²) in [5.41, 5.74) is 18.7. The van der Waals surface area contributed by atoms with Crippen LogP contribution in [0, 0.1) is 27.7 Å². The number of aliphatic imine (C=N–C) groups is 1. The smallest absolute Gasteiger partial charge is 0.269 e. The van der Waals surface area contributed by atoms with E-state index >= 15 is 0 Å². The normalized spacial score (nSPS) is 14.1. The van der Waals surface area contributed by atoms with E-state index < -0.39 is 0 Å². The van der Waals surface area contributed by atoms with E-state index in [1.54, 1.807) is 26.6 Å². The average molecular weight is 1010 g/mol. The number of methoxy groups -OCH3 is 2. The molecule has 8 heterocycles. The first-order valence-corrected chi connectivity index (χ1v) is 22.8. The number of imidazole rings is 1. The van der Waals surface area contributed by atoms with Crippen molar-refractivity contribution in [3.05, 3.63) is 97.0 Å². The van der Waals surface area contributed by atoms with E-state index in [1.165, 1.54) is 28.3 Å². The van der Waals surface area contributed by atoms with E-state index in [4.69, 9.17) is 44.1 Å². The Labute approximate surface area is 418 Å². The summed E-state index contributed by atoms with van der Waals surface area (Å²) in [6.07, 6.45) is 8.95. The first-order valence-electron chi connectivity index (χ1n) is 22.0. The van der Waals surface area contributed by atoms with Gasteiger partial charge in [-0.25, -0.2) is 15.0 Å². The van der Waals surface area contributed by atoms with Crippen LogP contribution in [-0.4, -0.2) is 102 Å². The molecule has 0 radical (unpaired) electrons. The number of carbonyl (C=O) groups excluding carboxylic acids is 5. The Morgan fingerprint density at radius 2 is 1.32 bits per heavy atom. The number of aryl methyl sites for hydroxylation is 2. The summed E-state index contributed by atoms with van der Waals surface area (Å²) in [4.78, 5) is 99.0. The van der Waals surface area contributed by atoms with Crippen LogP contribution < -0.4 is 41.4 Å². The number of fused-ring (bicyclic) bond motifs is 2. The van der Waals surface area contributed by atoms with Crippen molar-refractivity contribution in [3.63, 3.8) is 0 Å². The van der Waals surface area contributed by atoms with E-state index in [0.717, 1.165) is 33.7 Å². The third-order valence-electron chi connectivity index (χ3n) is 11.0. The molecule has 0 saturated carbocycles. The second kappa shape index (κ2) is 22.3. The van der Waals surface area contributed by atoms with Crippen molar-refractivity contribution >= 4 is 94.0 Å². The van der Waals surface area contributed by atoms with E-state index in [0.29, 0.717) is 58.2 Å². The van der Waals surface area contributed by atoms with Crippen LogP contribution in [0.15, 0.2) is 35.4 Å². The highest BCUT2D eigenvalue weighted by molar-refractivity contribution is 6.41.